The number of nitrogens with one attached hydrogen (secondary N) is 1. The molecule has 0 aliphatic carbocycles. The third-order valence-electron chi connectivity index (χ3n) is 5.27. The molecule has 3 rings (SSSR count). The zero-order valence-corrected chi connectivity index (χ0v) is 13.4. The van der Waals surface area contributed by atoms with Crippen molar-refractivity contribution in [1.82, 2.24) is 10.2 Å². The predicted molar refractivity (Wildman–Crippen MR) is 82.6 cm³/mol. The van der Waals surface area contributed by atoms with Crippen molar-refractivity contribution in [3.8, 4) is 0 Å². The molecular weight excluding hydrogens is 264 g/mol. The molecule has 1 atom stereocenters. The summed E-state index contributed by atoms with van der Waals surface area (Å²) < 4.78 is 5.60. The fourth-order valence-corrected chi connectivity index (χ4v) is 3.89. The summed E-state index contributed by atoms with van der Waals surface area (Å²) in [5.74, 6) is 2.51. The second-order valence-corrected chi connectivity index (χ2v) is 6.55. The van der Waals surface area contributed by atoms with Crippen molar-refractivity contribution in [2.24, 2.45) is 5.92 Å². The normalized spacial score (nSPS) is 23.8. The molecule has 116 valence electrons. The number of hydrogen-bond acceptors (Lipinski definition) is 3. The molecule has 2 fully saturated rings. The largest absolute Gasteiger partial charge is 0.466 e. The molecule has 1 aromatic rings. The Morgan fingerprint density at radius 1 is 1.14 bits per heavy atom. The van der Waals surface area contributed by atoms with Gasteiger partial charge in [-0.1, -0.05) is 0 Å². The molecule has 0 spiro atoms. The van der Waals surface area contributed by atoms with E-state index in [9.17, 15) is 4.79 Å². The van der Waals surface area contributed by atoms with E-state index in [2.05, 4.69) is 5.32 Å². The number of carbonyl (C=O) groups excluding carboxylic acids is 1. The second-order valence-electron chi connectivity index (χ2n) is 6.55. The molecule has 21 heavy (non-hydrogen) atoms. The molecular formula is C17H26N2O2. The molecule has 0 radical (unpaired) electrons. The molecule has 1 aromatic heterocycles. The van der Waals surface area contributed by atoms with Gasteiger partial charge in [0.1, 0.15) is 11.5 Å². The number of amides is 1. The SMILES string of the molecule is Cc1oc(C)c(C(=O)N2CCC(C3CCCN3)CC2)c1C. The summed E-state index contributed by atoms with van der Waals surface area (Å²) in [6.07, 6.45) is 4.85. The Bertz CT molecular complexity index is 521. The van der Waals surface area contributed by atoms with Crippen molar-refractivity contribution in [1.29, 1.82) is 0 Å². The maximum atomic E-state index is 12.7. The highest BCUT2D eigenvalue weighted by Gasteiger charge is 2.31. The lowest BCUT2D eigenvalue weighted by molar-refractivity contribution is 0.0672. The Kier molecular flexibility index (Phi) is 4.07. The van der Waals surface area contributed by atoms with E-state index in [1.807, 2.05) is 25.7 Å². The fourth-order valence-electron chi connectivity index (χ4n) is 3.89. The maximum Gasteiger partial charge on any atom is 0.257 e. The highest BCUT2D eigenvalue weighted by molar-refractivity contribution is 5.96. The van der Waals surface area contributed by atoms with E-state index in [1.165, 1.54) is 12.8 Å². The lowest BCUT2D eigenvalue weighted by Crippen LogP contribution is -2.43. The lowest BCUT2D eigenvalue weighted by atomic mass is 9.88. The van der Waals surface area contributed by atoms with Gasteiger partial charge in [0.05, 0.1) is 5.56 Å². The average molecular weight is 290 g/mol. The van der Waals surface area contributed by atoms with Gasteiger partial charge in [-0.3, -0.25) is 4.79 Å². The molecule has 1 unspecified atom stereocenters. The summed E-state index contributed by atoms with van der Waals surface area (Å²) in [5.41, 5.74) is 1.78. The number of likely N-dealkylation sites (tertiary alicyclic amines) is 1. The van der Waals surface area contributed by atoms with Gasteiger partial charge in [-0.2, -0.15) is 0 Å². The van der Waals surface area contributed by atoms with Crippen molar-refractivity contribution in [3.63, 3.8) is 0 Å². The van der Waals surface area contributed by atoms with E-state index < -0.39 is 0 Å². The molecule has 2 aliphatic heterocycles. The summed E-state index contributed by atoms with van der Waals surface area (Å²) >= 11 is 0. The zero-order chi connectivity index (χ0) is 15.0. The van der Waals surface area contributed by atoms with Gasteiger partial charge in [0.25, 0.3) is 5.91 Å². The smallest absolute Gasteiger partial charge is 0.257 e. The van der Waals surface area contributed by atoms with Crippen molar-refractivity contribution in [3.05, 3.63) is 22.6 Å². The quantitative estimate of drug-likeness (QED) is 0.911. The minimum Gasteiger partial charge on any atom is -0.466 e. The minimum atomic E-state index is 0.152. The van der Waals surface area contributed by atoms with Crippen molar-refractivity contribution < 1.29 is 9.21 Å². The summed E-state index contributed by atoms with van der Waals surface area (Å²) in [6.45, 7) is 8.72. The van der Waals surface area contributed by atoms with Gasteiger partial charge in [-0.05, 0) is 58.9 Å². The van der Waals surface area contributed by atoms with Crippen LogP contribution in [0, 0.1) is 26.7 Å². The monoisotopic (exact) mass is 290 g/mol. The van der Waals surface area contributed by atoms with Crippen molar-refractivity contribution in [2.45, 2.75) is 52.5 Å². The molecule has 0 saturated carbocycles. The zero-order valence-electron chi connectivity index (χ0n) is 13.4. The van der Waals surface area contributed by atoms with Crippen LogP contribution in [0.25, 0.3) is 0 Å². The topological polar surface area (TPSA) is 45.5 Å². The number of aryl methyl sites for hydroxylation is 2. The molecule has 3 heterocycles. The summed E-state index contributed by atoms with van der Waals surface area (Å²) in [4.78, 5) is 14.7. The number of furan rings is 1. The number of piperidine rings is 1. The molecule has 4 nitrogen and oxygen atoms in total. The first-order chi connectivity index (χ1) is 10.1. The van der Waals surface area contributed by atoms with Gasteiger partial charge in [-0.15, -0.1) is 0 Å². The van der Waals surface area contributed by atoms with E-state index in [1.54, 1.807) is 0 Å². The molecule has 2 saturated heterocycles. The van der Waals surface area contributed by atoms with Crippen LogP contribution in [0.15, 0.2) is 4.42 Å². The number of nitrogens with zero attached hydrogens (tertiary/aromatic N) is 1. The van der Waals surface area contributed by atoms with Crippen LogP contribution in [0.3, 0.4) is 0 Å². The first kappa shape index (κ1) is 14.6. The maximum absolute atomic E-state index is 12.7. The molecule has 2 aliphatic rings. The van der Waals surface area contributed by atoms with E-state index in [0.717, 1.165) is 61.0 Å². The van der Waals surface area contributed by atoms with Crippen LogP contribution in [0.5, 0.6) is 0 Å². The van der Waals surface area contributed by atoms with Crippen LogP contribution in [-0.2, 0) is 0 Å². The average Bonchev–Trinajstić information content (AvgIpc) is 3.08. The van der Waals surface area contributed by atoms with E-state index in [0.29, 0.717) is 6.04 Å². The number of hydrogen-bond donors (Lipinski definition) is 1. The predicted octanol–water partition coefficient (Wildman–Crippen LogP) is 2.81. The Balaban J connectivity index is 1.65. The van der Waals surface area contributed by atoms with Gasteiger partial charge in [-0.25, -0.2) is 0 Å². The molecule has 4 heteroatoms. The first-order valence-electron chi connectivity index (χ1n) is 8.17. The minimum absolute atomic E-state index is 0.152. The Labute approximate surface area is 126 Å². The van der Waals surface area contributed by atoms with Gasteiger partial charge in [0.15, 0.2) is 0 Å². The third-order valence-corrected chi connectivity index (χ3v) is 5.27. The lowest BCUT2D eigenvalue weighted by Gasteiger charge is -2.35. The van der Waals surface area contributed by atoms with Gasteiger partial charge in [0, 0.05) is 24.7 Å². The van der Waals surface area contributed by atoms with Gasteiger partial charge < -0.3 is 14.6 Å². The van der Waals surface area contributed by atoms with E-state index in [-0.39, 0.29) is 5.91 Å². The fraction of sp³-hybridized carbons (Fsp3) is 0.706. The van der Waals surface area contributed by atoms with Crippen LogP contribution < -0.4 is 5.32 Å². The van der Waals surface area contributed by atoms with Gasteiger partial charge >= 0.3 is 0 Å². The van der Waals surface area contributed by atoms with Crippen LogP contribution in [0.2, 0.25) is 0 Å². The summed E-state index contributed by atoms with van der Waals surface area (Å²) in [6, 6.07) is 0.682. The van der Waals surface area contributed by atoms with Crippen LogP contribution >= 0.6 is 0 Å². The van der Waals surface area contributed by atoms with Crippen molar-refractivity contribution in [2.75, 3.05) is 19.6 Å². The van der Waals surface area contributed by atoms with Crippen molar-refractivity contribution >= 4 is 5.91 Å². The highest BCUT2D eigenvalue weighted by Crippen LogP contribution is 2.28. The Morgan fingerprint density at radius 3 is 2.38 bits per heavy atom. The van der Waals surface area contributed by atoms with Crippen LogP contribution in [0.1, 0.15) is 53.1 Å². The Hall–Kier alpha value is -1.29. The van der Waals surface area contributed by atoms with Crippen LogP contribution in [-0.4, -0.2) is 36.5 Å². The van der Waals surface area contributed by atoms with E-state index in [4.69, 9.17) is 4.42 Å². The summed E-state index contributed by atoms with van der Waals surface area (Å²) in [7, 11) is 0. The summed E-state index contributed by atoms with van der Waals surface area (Å²) in [5, 5.41) is 3.61. The number of carbonyl (C=O) groups is 1. The Morgan fingerprint density at radius 2 is 1.86 bits per heavy atom. The van der Waals surface area contributed by atoms with E-state index >= 15 is 0 Å². The number of rotatable bonds is 2. The third kappa shape index (κ3) is 2.73. The second kappa shape index (κ2) is 5.84. The highest BCUT2D eigenvalue weighted by atomic mass is 16.3. The standard InChI is InChI=1S/C17H26N2O2/c1-11-12(2)21-13(3)16(11)17(20)19-9-6-14(7-10-19)15-5-4-8-18-15/h14-15,18H,4-10H2,1-3H3. The molecule has 1 amide bonds. The molecule has 1 N–H and O–H groups in total. The molecule has 0 aromatic carbocycles. The van der Waals surface area contributed by atoms with Gasteiger partial charge in [0.2, 0.25) is 0 Å². The first-order valence-corrected chi connectivity index (χ1v) is 8.17. The molecule has 0 bridgehead atoms. The van der Waals surface area contributed by atoms with Crippen LogP contribution in [0.4, 0.5) is 0 Å².